The fraction of sp³-hybridized carbons (Fsp3) is 0.900. The van der Waals surface area contributed by atoms with E-state index in [0.29, 0.717) is 6.61 Å². The Bertz CT molecular complexity index is 217. The van der Waals surface area contributed by atoms with Crippen LogP contribution >= 0.6 is 0 Å². The second-order valence-electron chi connectivity index (χ2n) is 3.88. The summed E-state index contributed by atoms with van der Waals surface area (Å²) >= 11 is 0. The number of carboxylic acid groups (broad SMARTS) is 1. The van der Waals surface area contributed by atoms with Gasteiger partial charge >= 0.3 is 6.09 Å². The molecule has 1 aliphatic heterocycles. The van der Waals surface area contributed by atoms with Gasteiger partial charge in [-0.25, -0.2) is 4.79 Å². The van der Waals surface area contributed by atoms with Gasteiger partial charge in [-0.1, -0.05) is 0 Å². The molecule has 0 spiro atoms. The van der Waals surface area contributed by atoms with Gasteiger partial charge in [-0.15, -0.1) is 0 Å². The van der Waals surface area contributed by atoms with Crippen LogP contribution in [0, 0.1) is 0 Å². The molecule has 1 rings (SSSR count). The maximum absolute atomic E-state index is 10.5. The topological polar surface area (TPSA) is 88.0 Å². The molecular formula is C10H19NO5. The summed E-state index contributed by atoms with van der Waals surface area (Å²) in [7, 11) is 0. The third kappa shape index (κ3) is 4.34. The smallest absolute Gasteiger partial charge is 0.405 e. The SMILES string of the molecule is C[C@H](OC1CCCCO1)[C@@H](CO)NC(=O)O. The fourth-order valence-corrected chi connectivity index (χ4v) is 1.62. The molecule has 1 amide bonds. The molecule has 0 aromatic carbocycles. The third-order valence-corrected chi connectivity index (χ3v) is 2.58. The first-order valence-corrected chi connectivity index (χ1v) is 5.51. The van der Waals surface area contributed by atoms with E-state index in [1.807, 2.05) is 0 Å². The van der Waals surface area contributed by atoms with Crippen LogP contribution in [-0.4, -0.2) is 48.0 Å². The second kappa shape index (κ2) is 6.67. The molecule has 1 saturated heterocycles. The number of rotatable bonds is 5. The Hall–Kier alpha value is -0.850. The van der Waals surface area contributed by atoms with Gasteiger partial charge in [-0.3, -0.25) is 0 Å². The van der Waals surface area contributed by atoms with E-state index in [2.05, 4.69) is 5.32 Å². The van der Waals surface area contributed by atoms with Crippen LogP contribution in [-0.2, 0) is 9.47 Å². The Labute approximate surface area is 94.5 Å². The highest BCUT2D eigenvalue weighted by Gasteiger charge is 2.24. The molecule has 0 saturated carbocycles. The summed E-state index contributed by atoms with van der Waals surface area (Å²) in [5, 5.41) is 19.8. The van der Waals surface area contributed by atoms with Gasteiger partial charge in [0, 0.05) is 6.61 Å². The number of aliphatic hydroxyl groups excluding tert-OH is 1. The van der Waals surface area contributed by atoms with Gasteiger partial charge in [0.05, 0.1) is 18.8 Å². The Balaban J connectivity index is 2.35. The maximum atomic E-state index is 10.5. The molecular weight excluding hydrogens is 214 g/mol. The molecule has 1 unspecified atom stereocenters. The van der Waals surface area contributed by atoms with E-state index < -0.39 is 18.2 Å². The molecule has 16 heavy (non-hydrogen) atoms. The third-order valence-electron chi connectivity index (χ3n) is 2.58. The zero-order valence-corrected chi connectivity index (χ0v) is 9.39. The van der Waals surface area contributed by atoms with Crippen LogP contribution in [0.3, 0.4) is 0 Å². The zero-order valence-electron chi connectivity index (χ0n) is 9.39. The molecule has 0 aromatic heterocycles. The van der Waals surface area contributed by atoms with Crippen LogP contribution < -0.4 is 5.32 Å². The first kappa shape index (κ1) is 13.2. The van der Waals surface area contributed by atoms with Crippen LogP contribution in [0.2, 0.25) is 0 Å². The lowest BCUT2D eigenvalue weighted by Gasteiger charge is -2.29. The van der Waals surface area contributed by atoms with Crippen molar-refractivity contribution in [2.45, 2.75) is 44.6 Å². The lowest BCUT2D eigenvalue weighted by molar-refractivity contribution is -0.191. The van der Waals surface area contributed by atoms with Crippen molar-refractivity contribution >= 4 is 6.09 Å². The van der Waals surface area contributed by atoms with Crippen LogP contribution in [0.4, 0.5) is 4.79 Å². The summed E-state index contributed by atoms with van der Waals surface area (Å²) in [6, 6.07) is -0.622. The predicted molar refractivity (Wildman–Crippen MR) is 56.2 cm³/mol. The summed E-state index contributed by atoms with van der Waals surface area (Å²) in [5.74, 6) is 0. The van der Waals surface area contributed by atoms with Crippen molar-refractivity contribution in [1.82, 2.24) is 5.32 Å². The Morgan fingerprint density at radius 2 is 2.38 bits per heavy atom. The van der Waals surface area contributed by atoms with Crippen LogP contribution in [0.25, 0.3) is 0 Å². The first-order chi connectivity index (χ1) is 7.63. The van der Waals surface area contributed by atoms with Crippen molar-refractivity contribution in [3.8, 4) is 0 Å². The van der Waals surface area contributed by atoms with Gasteiger partial charge in [0.25, 0.3) is 0 Å². The van der Waals surface area contributed by atoms with Crippen molar-refractivity contribution < 1.29 is 24.5 Å². The molecule has 1 heterocycles. The van der Waals surface area contributed by atoms with Gasteiger partial charge < -0.3 is 25.0 Å². The monoisotopic (exact) mass is 233 g/mol. The van der Waals surface area contributed by atoms with Crippen molar-refractivity contribution in [2.24, 2.45) is 0 Å². The van der Waals surface area contributed by atoms with Gasteiger partial charge in [-0.2, -0.15) is 0 Å². The minimum absolute atomic E-state index is 0.284. The second-order valence-corrected chi connectivity index (χ2v) is 3.88. The highest BCUT2D eigenvalue weighted by Crippen LogP contribution is 2.16. The quantitative estimate of drug-likeness (QED) is 0.645. The first-order valence-electron chi connectivity index (χ1n) is 5.51. The van der Waals surface area contributed by atoms with Crippen LogP contribution in [0.5, 0.6) is 0 Å². The zero-order chi connectivity index (χ0) is 12.0. The Kier molecular flexibility index (Phi) is 5.51. The molecule has 0 bridgehead atoms. The summed E-state index contributed by atoms with van der Waals surface area (Å²) in [6.45, 7) is 2.10. The summed E-state index contributed by atoms with van der Waals surface area (Å²) in [6.07, 6.45) is 1.03. The van der Waals surface area contributed by atoms with Gasteiger partial charge in [0.1, 0.15) is 0 Å². The van der Waals surface area contributed by atoms with Crippen molar-refractivity contribution in [3.63, 3.8) is 0 Å². The predicted octanol–water partition coefficient (Wildman–Crippen LogP) is 0.547. The lowest BCUT2D eigenvalue weighted by Crippen LogP contribution is -2.46. The molecule has 0 radical (unpaired) electrons. The van der Waals surface area contributed by atoms with Gasteiger partial charge in [-0.05, 0) is 26.2 Å². The van der Waals surface area contributed by atoms with Gasteiger partial charge in [0.2, 0.25) is 0 Å². The van der Waals surface area contributed by atoms with Crippen molar-refractivity contribution in [1.29, 1.82) is 0 Å². The number of carbonyl (C=O) groups is 1. The van der Waals surface area contributed by atoms with Crippen LogP contribution in [0.15, 0.2) is 0 Å². The van der Waals surface area contributed by atoms with E-state index in [1.165, 1.54) is 0 Å². The maximum Gasteiger partial charge on any atom is 0.405 e. The summed E-state index contributed by atoms with van der Waals surface area (Å²) in [5.41, 5.74) is 0. The average Bonchev–Trinajstić information content (AvgIpc) is 2.26. The highest BCUT2D eigenvalue weighted by molar-refractivity contribution is 5.64. The normalized spacial score (nSPS) is 24.8. The number of ether oxygens (including phenoxy) is 2. The minimum Gasteiger partial charge on any atom is -0.465 e. The molecule has 3 atom stereocenters. The van der Waals surface area contributed by atoms with Crippen molar-refractivity contribution in [2.75, 3.05) is 13.2 Å². The lowest BCUT2D eigenvalue weighted by atomic mass is 10.1. The summed E-state index contributed by atoms with van der Waals surface area (Å²) < 4.78 is 10.9. The van der Waals surface area contributed by atoms with E-state index in [4.69, 9.17) is 19.7 Å². The molecule has 0 aliphatic carbocycles. The number of hydrogen-bond donors (Lipinski definition) is 3. The van der Waals surface area contributed by atoms with E-state index in [1.54, 1.807) is 6.92 Å². The number of aliphatic hydroxyl groups is 1. The molecule has 6 heteroatoms. The van der Waals surface area contributed by atoms with Crippen LogP contribution in [0.1, 0.15) is 26.2 Å². The average molecular weight is 233 g/mol. The molecule has 3 N–H and O–H groups in total. The summed E-state index contributed by atoms with van der Waals surface area (Å²) in [4.78, 5) is 10.5. The molecule has 0 aromatic rings. The Morgan fingerprint density at radius 3 is 2.88 bits per heavy atom. The Morgan fingerprint density at radius 1 is 1.62 bits per heavy atom. The van der Waals surface area contributed by atoms with E-state index in [9.17, 15) is 4.79 Å². The number of hydrogen-bond acceptors (Lipinski definition) is 4. The largest absolute Gasteiger partial charge is 0.465 e. The van der Waals surface area contributed by atoms with Gasteiger partial charge in [0.15, 0.2) is 6.29 Å². The van der Waals surface area contributed by atoms with E-state index in [-0.39, 0.29) is 12.9 Å². The number of amides is 1. The molecule has 1 aliphatic rings. The fourth-order valence-electron chi connectivity index (χ4n) is 1.62. The molecule has 6 nitrogen and oxygen atoms in total. The molecule has 1 fully saturated rings. The highest BCUT2D eigenvalue weighted by atomic mass is 16.7. The number of nitrogens with one attached hydrogen (secondary N) is 1. The van der Waals surface area contributed by atoms with E-state index in [0.717, 1.165) is 19.3 Å². The minimum atomic E-state index is -1.17. The van der Waals surface area contributed by atoms with E-state index >= 15 is 0 Å². The van der Waals surface area contributed by atoms with Crippen molar-refractivity contribution in [3.05, 3.63) is 0 Å². The molecule has 94 valence electrons. The standard InChI is InChI=1S/C10H19NO5/c1-7(8(6-12)11-10(13)14)16-9-4-2-3-5-15-9/h7-9,11-12H,2-6H2,1H3,(H,13,14)/t7-,8+,9?/m0/s1.